The van der Waals surface area contributed by atoms with Gasteiger partial charge in [-0.05, 0) is 35.4 Å². The quantitative estimate of drug-likeness (QED) is 0.229. The molecule has 40 heavy (non-hydrogen) atoms. The van der Waals surface area contributed by atoms with Crippen molar-refractivity contribution >= 4 is 45.7 Å². The van der Waals surface area contributed by atoms with Gasteiger partial charge in [-0.2, -0.15) is 9.97 Å². The number of fused-ring (bicyclic) bond motifs is 5. The summed E-state index contributed by atoms with van der Waals surface area (Å²) in [6.45, 7) is 0. The lowest BCUT2D eigenvalue weighted by atomic mass is 10.1. The van der Waals surface area contributed by atoms with Crippen molar-refractivity contribution in [2.24, 2.45) is 0 Å². The van der Waals surface area contributed by atoms with E-state index in [1.54, 1.807) is 0 Å². The van der Waals surface area contributed by atoms with Gasteiger partial charge in [-0.15, -0.1) is 0 Å². The molecule has 1 aliphatic rings. The van der Waals surface area contributed by atoms with Crippen LogP contribution in [-0.4, -0.2) is 19.5 Å². The first-order valence-electron chi connectivity index (χ1n) is 13.2. The van der Waals surface area contributed by atoms with E-state index in [0.29, 0.717) is 17.6 Å². The van der Waals surface area contributed by atoms with Crippen molar-refractivity contribution in [3.63, 3.8) is 0 Å². The molecule has 8 rings (SSSR count). The van der Waals surface area contributed by atoms with E-state index in [4.69, 9.17) is 15.0 Å². The van der Waals surface area contributed by atoms with Crippen LogP contribution < -0.4 is 0 Å². The summed E-state index contributed by atoms with van der Waals surface area (Å²) in [7, 11) is 0. The second-order valence-corrected chi connectivity index (χ2v) is 10.8. The Morgan fingerprint density at radius 3 is 1.85 bits per heavy atom. The van der Waals surface area contributed by atoms with Gasteiger partial charge in [0.2, 0.25) is 5.95 Å². The van der Waals surface area contributed by atoms with Crippen molar-refractivity contribution in [1.82, 2.24) is 19.5 Å². The maximum atomic E-state index is 5.05. The van der Waals surface area contributed by atoms with Crippen LogP contribution in [0.4, 0.5) is 0 Å². The fraction of sp³-hybridized carbons (Fsp3) is 0. The Kier molecular flexibility index (Phi) is 5.35. The first kappa shape index (κ1) is 22.9. The van der Waals surface area contributed by atoms with Crippen LogP contribution in [-0.2, 0) is 0 Å². The summed E-state index contributed by atoms with van der Waals surface area (Å²) in [5, 5.41) is 2.35. The fourth-order valence-corrected chi connectivity index (χ4v) is 6.41. The van der Waals surface area contributed by atoms with Crippen molar-refractivity contribution in [2.75, 3.05) is 0 Å². The Bertz CT molecular complexity index is 2020. The summed E-state index contributed by atoms with van der Waals surface area (Å²) in [4.78, 5) is 17.5. The molecule has 0 amide bonds. The highest BCUT2D eigenvalue weighted by atomic mass is 32.2. The average molecular weight is 531 g/mol. The summed E-state index contributed by atoms with van der Waals surface area (Å²) in [5.41, 5.74) is 6.46. The molecule has 3 heterocycles. The van der Waals surface area contributed by atoms with Crippen molar-refractivity contribution in [3.8, 4) is 28.7 Å². The van der Waals surface area contributed by atoms with Gasteiger partial charge in [0.25, 0.3) is 0 Å². The Morgan fingerprint density at radius 2 is 1.10 bits per heavy atom. The minimum Gasteiger partial charge on any atom is -0.278 e. The molecule has 2 aromatic heterocycles. The lowest BCUT2D eigenvalue weighted by molar-refractivity contribution is 0.953. The van der Waals surface area contributed by atoms with Crippen molar-refractivity contribution in [1.29, 1.82) is 0 Å². The van der Waals surface area contributed by atoms with Gasteiger partial charge in [0.1, 0.15) is 0 Å². The monoisotopic (exact) mass is 530 g/mol. The normalized spacial score (nSPS) is 12.3. The molecule has 5 aromatic carbocycles. The zero-order valence-corrected chi connectivity index (χ0v) is 22.2. The third kappa shape index (κ3) is 3.82. The Hall–Kier alpha value is -5.00. The van der Waals surface area contributed by atoms with Gasteiger partial charge >= 0.3 is 0 Å². The number of rotatable bonds is 3. The maximum Gasteiger partial charge on any atom is 0.238 e. The summed E-state index contributed by atoms with van der Waals surface area (Å²) in [5.74, 6) is 1.90. The molecule has 0 aliphatic carbocycles. The first-order valence-corrected chi connectivity index (χ1v) is 14.0. The van der Waals surface area contributed by atoms with Crippen molar-refractivity contribution < 1.29 is 0 Å². The van der Waals surface area contributed by atoms with Crippen LogP contribution in [0.5, 0.6) is 0 Å². The van der Waals surface area contributed by atoms with Crippen molar-refractivity contribution in [2.45, 2.75) is 9.79 Å². The lowest BCUT2D eigenvalue weighted by Crippen LogP contribution is -2.06. The lowest BCUT2D eigenvalue weighted by Gasteiger charge is -2.11. The van der Waals surface area contributed by atoms with E-state index in [1.807, 2.05) is 72.4 Å². The largest absolute Gasteiger partial charge is 0.278 e. The molecule has 0 saturated carbocycles. The molecule has 188 valence electrons. The molecule has 0 saturated heterocycles. The van der Waals surface area contributed by atoms with Gasteiger partial charge in [-0.25, -0.2) is 4.98 Å². The van der Waals surface area contributed by atoms with Gasteiger partial charge in [0.15, 0.2) is 11.6 Å². The zero-order chi connectivity index (χ0) is 26.5. The van der Waals surface area contributed by atoms with E-state index in [1.165, 1.54) is 31.7 Å². The summed E-state index contributed by atoms with van der Waals surface area (Å²) >= 11 is 1.82. The topological polar surface area (TPSA) is 43.6 Å². The van der Waals surface area contributed by atoms with Crippen LogP contribution in [0.25, 0.3) is 62.7 Å². The van der Waals surface area contributed by atoms with E-state index in [-0.39, 0.29) is 0 Å². The Balaban J connectivity index is 1.42. The van der Waals surface area contributed by atoms with Crippen LogP contribution >= 0.6 is 11.8 Å². The van der Waals surface area contributed by atoms with Crippen LogP contribution in [0, 0.1) is 0 Å². The predicted octanol–water partition coefficient (Wildman–Crippen LogP) is 8.94. The van der Waals surface area contributed by atoms with Crippen LogP contribution in [0.15, 0.2) is 131 Å². The van der Waals surface area contributed by atoms with Crippen LogP contribution in [0.3, 0.4) is 0 Å². The minimum absolute atomic E-state index is 0.604. The number of aromatic nitrogens is 4. The van der Waals surface area contributed by atoms with Gasteiger partial charge in [0, 0.05) is 31.7 Å². The molecule has 0 bridgehead atoms. The van der Waals surface area contributed by atoms with Gasteiger partial charge in [-0.1, -0.05) is 121 Å². The van der Waals surface area contributed by atoms with Crippen LogP contribution in [0.1, 0.15) is 11.1 Å². The molecular formula is C35H22N4S. The SMILES string of the molecule is C1=Cc2cc3c(cc2Sc2ccccc21)c1ccccc1n3-c1nc(-c2ccccc2)nc(-c2ccccc2)n1. The number of nitrogens with zero attached hydrogens (tertiary/aromatic N) is 4. The van der Waals surface area contributed by atoms with Gasteiger partial charge < -0.3 is 0 Å². The fourth-order valence-electron chi connectivity index (χ4n) is 5.35. The van der Waals surface area contributed by atoms with Gasteiger partial charge in [-0.3, -0.25) is 4.57 Å². The second-order valence-electron chi connectivity index (χ2n) is 9.75. The number of hydrogen-bond donors (Lipinski definition) is 0. The standard InChI is InChI=1S/C35H22N4S/c1-3-12-24(13-4-1)33-36-34(25-14-5-2-6-15-25)38-35(37-33)39-29-17-9-8-16-27(29)28-22-32-26(21-30(28)39)20-19-23-11-7-10-18-31(23)40-32/h1-22H. The molecule has 0 radical (unpaired) electrons. The third-order valence-corrected chi connectivity index (χ3v) is 8.44. The Labute approximate surface area is 235 Å². The molecule has 0 spiro atoms. The maximum absolute atomic E-state index is 5.05. The summed E-state index contributed by atoms with van der Waals surface area (Å²) in [6, 6.07) is 41.9. The predicted molar refractivity (Wildman–Crippen MR) is 165 cm³/mol. The van der Waals surface area contributed by atoms with Crippen LogP contribution in [0.2, 0.25) is 0 Å². The molecular weight excluding hydrogens is 508 g/mol. The van der Waals surface area contributed by atoms with Crippen molar-refractivity contribution in [3.05, 3.63) is 132 Å². The molecule has 4 nitrogen and oxygen atoms in total. The first-order chi connectivity index (χ1) is 19.8. The van der Waals surface area contributed by atoms with E-state index in [9.17, 15) is 0 Å². The number of hydrogen-bond acceptors (Lipinski definition) is 4. The average Bonchev–Trinajstić information content (AvgIpc) is 3.22. The van der Waals surface area contributed by atoms with E-state index >= 15 is 0 Å². The number of para-hydroxylation sites is 1. The summed E-state index contributed by atoms with van der Waals surface area (Å²) < 4.78 is 2.18. The molecule has 0 fully saturated rings. The molecule has 7 aromatic rings. The molecule has 5 heteroatoms. The Morgan fingerprint density at radius 1 is 0.475 bits per heavy atom. The summed E-state index contributed by atoms with van der Waals surface area (Å²) in [6.07, 6.45) is 4.42. The highest BCUT2D eigenvalue weighted by Crippen LogP contribution is 2.42. The molecule has 0 unspecified atom stereocenters. The molecule has 0 atom stereocenters. The smallest absolute Gasteiger partial charge is 0.238 e. The molecule has 1 aliphatic heterocycles. The highest BCUT2D eigenvalue weighted by Gasteiger charge is 2.20. The third-order valence-electron chi connectivity index (χ3n) is 7.27. The second kappa shape index (κ2) is 9.33. The highest BCUT2D eigenvalue weighted by molar-refractivity contribution is 7.99. The number of benzene rings is 5. The van der Waals surface area contributed by atoms with E-state index in [0.717, 1.165) is 22.2 Å². The molecule has 0 N–H and O–H groups in total. The van der Waals surface area contributed by atoms with E-state index in [2.05, 4.69) is 77.4 Å². The van der Waals surface area contributed by atoms with E-state index < -0.39 is 0 Å². The van der Waals surface area contributed by atoms with Gasteiger partial charge in [0.05, 0.1) is 11.0 Å². The zero-order valence-electron chi connectivity index (χ0n) is 21.4. The minimum atomic E-state index is 0.604.